The van der Waals surface area contributed by atoms with Gasteiger partial charge >= 0.3 is 0 Å². The van der Waals surface area contributed by atoms with Gasteiger partial charge in [0.25, 0.3) is 0 Å². The Kier molecular flexibility index (Phi) is 6.33. The van der Waals surface area contributed by atoms with E-state index in [1.54, 1.807) is 0 Å². The van der Waals surface area contributed by atoms with Crippen LogP contribution in [0.4, 0.5) is 0 Å². The molecule has 25 heavy (non-hydrogen) atoms. The lowest BCUT2D eigenvalue weighted by atomic mass is 9.85. The predicted octanol–water partition coefficient (Wildman–Crippen LogP) is 7.13. The minimum absolute atomic E-state index is 0.804. The number of allylic oxidation sites excluding steroid dienone is 2. The largest absolute Gasteiger partial charge is 0.494 e. The van der Waals surface area contributed by atoms with Crippen LogP contribution in [0, 0.1) is 5.92 Å². The van der Waals surface area contributed by atoms with Crippen LogP contribution in [0.25, 0.3) is 16.7 Å². The maximum Gasteiger partial charge on any atom is 0.119 e. The van der Waals surface area contributed by atoms with Crippen LogP contribution in [0.3, 0.4) is 0 Å². The fourth-order valence-corrected chi connectivity index (χ4v) is 3.48. The predicted molar refractivity (Wildman–Crippen MR) is 108 cm³/mol. The summed E-state index contributed by atoms with van der Waals surface area (Å²) in [6, 6.07) is 17.5. The molecular formula is C24H30O. The van der Waals surface area contributed by atoms with E-state index in [1.165, 1.54) is 54.4 Å². The van der Waals surface area contributed by atoms with E-state index in [1.807, 2.05) is 0 Å². The lowest BCUT2D eigenvalue weighted by Crippen LogP contribution is -2.03. The Morgan fingerprint density at radius 1 is 0.880 bits per heavy atom. The summed E-state index contributed by atoms with van der Waals surface area (Å²) < 4.78 is 5.75. The van der Waals surface area contributed by atoms with Gasteiger partial charge in [-0.2, -0.15) is 0 Å². The van der Waals surface area contributed by atoms with Crippen LogP contribution < -0.4 is 4.74 Å². The van der Waals surface area contributed by atoms with E-state index in [0.717, 1.165) is 24.7 Å². The van der Waals surface area contributed by atoms with Crippen LogP contribution in [0.15, 0.2) is 54.6 Å². The maximum atomic E-state index is 5.75. The van der Waals surface area contributed by atoms with E-state index in [-0.39, 0.29) is 0 Å². The Labute approximate surface area is 152 Å². The van der Waals surface area contributed by atoms with Gasteiger partial charge in [-0.25, -0.2) is 0 Å². The molecule has 0 N–H and O–H groups in total. The second-order valence-corrected chi connectivity index (χ2v) is 7.08. The molecule has 1 unspecified atom stereocenters. The first-order chi connectivity index (χ1) is 12.3. The molecule has 0 bridgehead atoms. The van der Waals surface area contributed by atoms with Crippen molar-refractivity contribution in [1.29, 1.82) is 0 Å². The van der Waals surface area contributed by atoms with Crippen molar-refractivity contribution >= 4 is 5.57 Å². The number of hydrogen-bond donors (Lipinski definition) is 0. The molecule has 0 aromatic heterocycles. The number of ether oxygens (including phenoxy) is 1. The van der Waals surface area contributed by atoms with Gasteiger partial charge in [0, 0.05) is 0 Å². The van der Waals surface area contributed by atoms with Crippen molar-refractivity contribution in [3.05, 3.63) is 60.2 Å². The van der Waals surface area contributed by atoms with E-state index in [2.05, 4.69) is 68.5 Å². The van der Waals surface area contributed by atoms with E-state index in [9.17, 15) is 0 Å². The van der Waals surface area contributed by atoms with Gasteiger partial charge in [-0.3, -0.25) is 0 Å². The summed E-state index contributed by atoms with van der Waals surface area (Å²) in [6.07, 6.45) is 9.84. The molecule has 0 amide bonds. The zero-order valence-electron chi connectivity index (χ0n) is 15.6. The number of benzene rings is 2. The Balaban J connectivity index is 1.65. The monoisotopic (exact) mass is 334 g/mol. The summed E-state index contributed by atoms with van der Waals surface area (Å²) in [5.41, 5.74) is 5.43. The molecule has 2 aromatic rings. The molecule has 0 aliphatic heterocycles. The van der Waals surface area contributed by atoms with Crippen LogP contribution in [0.2, 0.25) is 0 Å². The topological polar surface area (TPSA) is 9.23 Å². The molecule has 1 nitrogen and oxygen atoms in total. The minimum atomic E-state index is 0.804. The lowest BCUT2D eigenvalue weighted by molar-refractivity contribution is 0.309. The molecule has 2 aromatic carbocycles. The quantitative estimate of drug-likeness (QED) is 0.489. The van der Waals surface area contributed by atoms with Gasteiger partial charge in [-0.1, -0.05) is 69.2 Å². The number of hydrogen-bond acceptors (Lipinski definition) is 1. The molecule has 0 fully saturated rings. The first-order valence-electron chi connectivity index (χ1n) is 9.82. The highest BCUT2D eigenvalue weighted by Gasteiger charge is 2.13. The van der Waals surface area contributed by atoms with Gasteiger partial charge in [0.2, 0.25) is 0 Å². The van der Waals surface area contributed by atoms with Crippen LogP contribution in [0.5, 0.6) is 5.75 Å². The highest BCUT2D eigenvalue weighted by molar-refractivity contribution is 5.71. The summed E-state index contributed by atoms with van der Waals surface area (Å²) in [6.45, 7) is 5.29. The minimum Gasteiger partial charge on any atom is -0.494 e. The van der Waals surface area contributed by atoms with Crippen LogP contribution in [0.1, 0.15) is 57.9 Å². The van der Waals surface area contributed by atoms with E-state index >= 15 is 0 Å². The van der Waals surface area contributed by atoms with Crippen molar-refractivity contribution in [3.8, 4) is 16.9 Å². The van der Waals surface area contributed by atoms with E-state index in [4.69, 9.17) is 4.74 Å². The summed E-state index contributed by atoms with van der Waals surface area (Å²) in [5, 5.41) is 0. The van der Waals surface area contributed by atoms with Crippen molar-refractivity contribution in [2.75, 3.05) is 6.61 Å². The zero-order valence-corrected chi connectivity index (χ0v) is 15.6. The third kappa shape index (κ3) is 4.75. The third-order valence-corrected chi connectivity index (χ3v) is 5.31. The highest BCUT2D eigenvalue weighted by atomic mass is 16.5. The Bertz CT molecular complexity index is 679. The smallest absolute Gasteiger partial charge is 0.119 e. The zero-order chi connectivity index (χ0) is 17.5. The molecule has 1 heteroatoms. The maximum absolute atomic E-state index is 5.75. The molecule has 1 atom stereocenters. The van der Waals surface area contributed by atoms with Gasteiger partial charge in [0.05, 0.1) is 6.61 Å². The van der Waals surface area contributed by atoms with Crippen LogP contribution in [-0.2, 0) is 0 Å². The van der Waals surface area contributed by atoms with Crippen molar-refractivity contribution in [1.82, 2.24) is 0 Å². The average Bonchev–Trinajstić information content (AvgIpc) is 2.69. The van der Waals surface area contributed by atoms with Crippen LogP contribution >= 0.6 is 0 Å². The molecule has 0 heterocycles. The molecule has 132 valence electrons. The Morgan fingerprint density at radius 3 is 2.08 bits per heavy atom. The van der Waals surface area contributed by atoms with Gasteiger partial charge in [-0.05, 0) is 66.0 Å². The Hall–Kier alpha value is -2.02. The number of rotatable bonds is 7. The van der Waals surface area contributed by atoms with Crippen molar-refractivity contribution < 1.29 is 4.74 Å². The summed E-state index contributed by atoms with van der Waals surface area (Å²) in [4.78, 5) is 0. The van der Waals surface area contributed by atoms with Crippen molar-refractivity contribution in [2.45, 2.75) is 52.4 Å². The molecule has 0 spiro atoms. The summed E-state index contributed by atoms with van der Waals surface area (Å²) in [7, 11) is 0. The molecule has 0 saturated carbocycles. The van der Waals surface area contributed by atoms with Gasteiger partial charge in [0.15, 0.2) is 0 Å². The molecule has 0 radical (unpaired) electrons. The fraction of sp³-hybridized carbons (Fsp3) is 0.417. The number of unbranched alkanes of at least 4 members (excludes halogenated alkanes) is 1. The van der Waals surface area contributed by atoms with E-state index < -0.39 is 0 Å². The second kappa shape index (κ2) is 8.89. The van der Waals surface area contributed by atoms with Crippen LogP contribution in [-0.4, -0.2) is 6.61 Å². The summed E-state index contributed by atoms with van der Waals surface area (Å²) >= 11 is 0. The van der Waals surface area contributed by atoms with Crippen molar-refractivity contribution in [2.24, 2.45) is 5.92 Å². The third-order valence-electron chi connectivity index (χ3n) is 5.31. The van der Waals surface area contributed by atoms with Gasteiger partial charge in [-0.15, -0.1) is 0 Å². The standard InChI is InChI=1S/C24H30O/c1-3-5-18-25-24-16-14-23(15-17-24)22-12-10-21(11-13-22)20-8-6-19(4-2)7-9-20/h8,10-17,19H,3-7,9,18H2,1-2H3. The lowest BCUT2D eigenvalue weighted by Gasteiger charge is -2.20. The average molecular weight is 335 g/mol. The molecule has 0 saturated heterocycles. The first kappa shape index (κ1) is 17.8. The van der Waals surface area contributed by atoms with Gasteiger partial charge < -0.3 is 4.74 Å². The first-order valence-corrected chi connectivity index (χ1v) is 9.82. The fourth-order valence-electron chi connectivity index (χ4n) is 3.48. The SMILES string of the molecule is CCCCOc1ccc(-c2ccc(C3=CCC(CC)CC3)cc2)cc1. The molecule has 3 rings (SSSR count). The highest BCUT2D eigenvalue weighted by Crippen LogP contribution is 2.32. The van der Waals surface area contributed by atoms with Crippen molar-refractivity contribution in [3.63, 3.8) is 0 Å². The summed E-state index contributed by atoms with van der Waals surface area (Å²) in [5.74, 6) is 1.85. The molecular weight excluding hydrogens is 304 g/mol. The van der Waals surface area contributed by atoms with Gasteiger partial charge in [0.1, 0.15) is 5.75 Å². The molecule has 1 aliphatic rings. The second-order valence-electron chi connectivity index (χ2n) is 7.08. The Morgan fingerprint density at radius 2 is 1.52 bits per heavy atom. The normalized spacial score (nSPS) is 17.2. The van der Waals surface area contributed by atoms with E-state index in [0.29, 0.717) is 0 Å². The molecule has 1 aliphatic carbocycles.